The van der Waals surface area contributed by atoms with Crippen LogP contribution in [0.2, 0.25) is 0 Å². The molecule has 0 radical (unpaired) electrons. The van der Waals surface area contributed by atoms with Gasteiger partial charge in [0.1, 0.15) is 5.82 Å². The number of unbranched alkanes of at least 4 members (excludes halogenated alkanes) is 1. The normalized spacial score (nSPS) is 11.1. The molecule has 0 aliphatic rings. The van der Waals surface area contributed by atoms with E-state index in [2.05, 4.69) is 36.1 Å². The molecule has 0 atom stereocenters. The topological polar surface area (TPSA) is 57.8 Å². The second-order valence-electron chi connectivity index (χ2n) is 4.81. The molecule has 0 saturated heterocycles. The number of nitrogens with zero attached hydrogens (tertiary/aromatic N) is 1. The maximum Gasteiger partial charge on any atom is 0.251 e. The molecule has 1 rings (SSSR count). The molecule has 0 unspecified atom stereocenters. The minimum atomic E-state index is -0.0487. The van der Waals surface area contributed by atoms with Gasteiger partial charge in [-0.2, -0.15) is 0 Å². The highest BCUT2D eigenvalue weighted by atomic mass is 16.1. The number of aromatic amines is 1. The Bertz CT molecular complexity index is 384. The van der Waals surface area contributed by atoms with Crippen molar-refractivity contribution >= 4 is 0 Å². The Kier molecular flexibility index (Phi) is 5.91. The van der Waals surface area contributed by atoms with E-state index >= 15 is 0 Å². The van der Waals surface area contributed by atoms with Crippen molar-refractivity contribution in [3.63, 3.8) is 0 Å². The summed E-state index contributed by atoms with van der Waals surface area (Å²) in [6.07, 6.45) is 3.02. The van der Waals surface area contributed by atoms with Crippen LogP contribution in [0.25, 0.3) is 0 Å². The Morgan fingerprint density at radius 1 is 1.47 bits per heavy atom. The van der Waals surface area contributed by atoms with Crippen molar-refractivity contribution in [3.05, 3.63) is 27.9 Å². The van der Waals surface area contributed by atoms with E-state index in [1.165, 1.54) is 0 Å². The third-order valence-electron chi connectivity index (χ3n) is 2.47. The maximum atomic E-state index is 11.4. The zero-order chi connectivity index (χ0) is 12.7. The molecule has 1 aromatic rings. The van der Waals surface area contributed by atoms with E-state index in [-0.39, 0.29) is 5.56 Å². The molecule has 96 valence electrons. The van der Waals surface area contributed by atoms with Crippen LogP contribution in [-0.2, 0) is 13.0 Å². The molecule has 1 heterocycles. The van der Waals surface area contributed by atoms with Crippen LogP contribution in [-0.4, -0.2) is 16.5 Å². The van der Waals surface area contributed by atoms with Crippen molar-refractivity contribution < 1.29 is 0 Å². The lowest BCUT2D eigenvalue weighted by Crippen LogP contribution is -2.22. The van der Waals surface area contributed by atoms with E-state index < -0.39 is 0 Å². The van der Waals surface area contributed by atoms with Crippen LogP contribution in [0.5, 0.6) is 0 Å². The summed E-state index contributed by atoms with van der Waals surface area (Å²) in [6.45, 7) is 8.06. The molecular formula is C13H23N3O. The van der Waals surface area contributed by atoms with Gasteiger partial charge in [0.2, 0.25) is 0 Å². The van der Waals surface area contributed by atoms with E-state index in [1.54, 1.807) is 6.07 Å². The van der Waals surface area contributed by atoms with Gasteiger partial charge in [0.05, 0.1) is 5.69 Å². The highest BCUT2D eigenvalue weighted by molar-refractivity contribution is 5.02. The predicted molar refractivity (Wildman–Crippen MR) is 70.0 cm³/mol. The van der Waals surface area contributed by atoms with Crippen LogP contribution in [0.15, 0.2) is 10.9 Å². The smallest absolute Gasteiger partial charge is 0.251 e. The number of hydrogen-bond acceptors (Lipinski definition) is 3. The standard InChI is InChI=1S/C13H23N3O/c1-4-5-6-12-15-11(7-13(17)16-12)9-14-8-10(2)3/h7,10,14H,4-6,8-9H2,1-3H3,(H,15,16,17). The Hall–Kier alpha value is -1.16. The molecule has 0 amide bonds. The molecule has 2 N–H and O–H groups in total. The maximum absolute atomic E-state index is 11.4. The summed E-state index contributed by atoms with van der Waals surface area (Å²) >= 11 is 0. The number of H-pyrrole nitrogens is 1. The number of rotatable bonds is 7. The monoisotopic (exact) mass is 237 g/mol. The van der Waals surface area contributed by atoms with Crippen LogP contribution in [0, 0.1) is 5.92 Å². The lowest BCUT2D eigenvalue weighted by atomic mass is 10.2. The van der Waals surface area contributed by atoms with Crippen molar-refractivity contribution in [3.8, 4) is 0 Å². The van der Waals surface area contributed by atoms with Crippen LogP contribution < -0.4 is 10.9 Å². The van der Waals surface area contributed by atoms with Crippen LogP contribution >= 0.6 is 0 Å². The average Bonchev–Trinajstić information content (AvgIpc) is 2.25. The van der Waals surface area contributed by atoms with E-state index in [9.17, 15) is 4.79 Å². The third-order valence-corrected chi connectivity index (χ3v) is 2.47. The molecule has 1 aromatic heterocycles. The fraction of sp³-hybridized carbons (Fsp3) is 0.692. The number of aromatic nitrogens is 2. The van der Waals surface area contributed by atoms with E-state index in [1.807, 2.05) is 0 Å². The van der Waals surface area contributed by atoms with Crippen molar-refractivity contribution in [1.82, 2.24) is 15.3 Å². The molecule has 0 spiro atoms. The van der Waals surface area contributed by atoms with E-state index in [0.29, 0.717) is 12.5 Å². The first-order valence-electron chi connectivity index (χ1n) is 6.41. The Morgan fingerprint density at radius 2 is 2.24 bits per heavy atom. The molecule has 0 aliphatic carbocycles. The van der Waals surface area contributed by atoms with Crippen molar-refractivity contribution in [2.24, 2.45) is 5.92 Å². The molecule has 17 heavy (non-hydrogen) atoms. The second kappa shape index (κ2) is 7.22. The fourth-order valence-corrected chi connectivity index (χ4v) is 1.61. The lowest BCUT2D eigenvalue weighted by Gasteiger charge is -2.07. The summed E-state index contributed by atoms with van der Waals surface area (Å²) in [5.41, 5.74) is 0.785. The summed E-state index contributed by atoms with van der Waals surface area (Å²) in [5, 5.41) is 3.30. The molecule has 0 saturated carbocycles. The van der Waals surface area contributed by atoms with Gasteiger partial charge >= 0.3 is 0 Å². The van der Waals surface area contributed by atoms with Gasteiger partial charge < -0.3 is 10.3 Å². The summed E-state index contributed by atoms with van der Waals surface area (Å²) < 4.78 is 0. The van der Waals surface area contributed by atoms with Gasteiger partial charge in [-0.3, -0.25) is 4.79 Å². The first kappa shape index (κ1) is 13.9. The Balaban J connectivity index is 2.59. The molecular weight excluding hydrogens is 214 g/mol. The fourth-order valence-electron chi connectivity index (χ4n) is 1.61. The SMILES string of the molecule is CCCCc1nc(CNCC(C)C)cc(=O)[nH]1. The first-order valence-corrected chi connectivity index (χ1v) is 6.41. The molecule has 4 nitrogen and oxygen atoms in total. The van der Waals surface area contributed by atoms with Crippen molar-refractivity contribution in [2.45, 2.75) is 46.6 Å². The van der Waals surface area contributed by atoms with Crippen LogP contribution in [0.4, 0.5) is 0 Å². The van der Waals surface area contributed by atoms with Crippen molar-refractivity contribution in [1.29, 1.82) is 0 Å². The highest BCUT2D eigenvalue weighted by Gasteiger charge is 2.01. The predicted octanol–water partition coefficient (Wildman–Crippen LogP) is 1.86. The minimum Gasteiger partial charge on any atom is -0.311 e. The summed E-state index contributed by atoms with van der Waals surface area (Å²) in [5.74, 6) is 1.41. The van der Waals surface area contributed by atoms with E-state index in [0.717, 1.165) is 37.3 Å². The van der Waals surface area contributed by atoms with Crippen LogP contribution in [0.3, 0.4) is 0 Å². The third kappa shape index (κ3) is 5.63. The Morgan fingerprint density at radius 3 is 2.88 bits per heavy atom. The van der Waals surface area contributed by atoms with Gasteiger partial charge in [-0.1, -0.05) is 27.2 Å². The minimum absolute atomic E-state index is 0.0487. The number of nitrogens with one attached hydrogen (secondary N) is 2. The van der Waals surface area contributed by atoms with Crippen molar-refractivity contribution in [2.75, 3.05) is 6.54 Å². The molecule has 0 aliphatic heterocycles. The largest absolute Gasteiger partial charge is 0.311 e. The number of hydrogen-bond donors (Lipinski definition) is 2. The highest BCUT2D eigenvalue weighted by Crippen LogP contribution is 1.99. The molecule has 0 aromatic carbocycles. The number of aryl methyl sites for hydroxylation is 1. The van der Waals surface area contributed by atoms with Gasteiger partial charge in [-0.25, -0.2) is 4.98 Å². The van der Waals surface area contributed by atoms with Gasteiger partial charge in [-0.05, 0) is 18.9 Å². The van der Waals surface area contributed by atoms with Gasteiger partial charge in [0.15, 0.2) is 0 Å². The Labute approximate surface area is 103 Å². The summed E-state index contributed by atoms with van der Waals surface area (Å²) in [7, 11) is 0. The molecule has 4 heteroatoms. The van der Waals surface area contributed by atoms with Gasteiger partial charge in [-0.15, -0.1) is 0 Å². The van der Waals surface area contributed by atoms with Gasteiger partial charge in [0, 0.05) is 19.0 Å². The van der Waals surface area contributed by atoms with Crippen LogP contribution in [0.1, 0.15) is 45.1 Å². The quantitative estimate of drug-likeness (QED) is 0.761. The zero-order valence-electron chi connectivity index (χ0n) is 11.0. The second-order valence-corrected chi connectivity index (χ2v) is 4.81. The summed E-state index contributed by atoms with van der Waals surface area (Å²) in [4.78, 5) is 18.7. The van der Waals surface area contributed by atoms with Gasteiger partial charge in [0.25, 0.3) is 5.56 Å². The molecule has 0 bridgehead atoms. The molecule has 0 fully saturated rings. The summed E-state index contributed by atoms with van der Waals surface area (Å²) in [6, 6.07) is 1.57. The zero-order valence-corrected chi connectivity index (χ0v) is 11.0. The lowest BCUT2D eigenvalue weighted by molar-refractivity contribution is 0.546. The first-order chi connectivity index (χ1) is 8.11. The van der Waals surface area contributed by atoms with E-state index in [4.69, 9.17) is 0 Å². The average molecular weight is 237 g/mol.